The maximum absolute atomic E-state index is 13.2. The third-order valence-electron chi connectivity index (χ3n) is 4.45. The number of carbonyl (C=O) groups is 1. The van der Waals surface area contributed by atoms with E-state index in [0.717, 1.165) is 35.4 Å². The topological polar surface area (TPSA) is 46.9 Å². The minimum Gasteiger partial charge on any atom is -0.349 e. The lowest BCUT2D eigenvalue weighted by Crippen LogP contribution is -2.24. The standard InChI is InChI=1S/C21H23ClFN3O/c1-2-12-26-19(25-18-10-5-9-17(22)21(18)26)14-24-20(27)11-4-7-15-6-3-8-16(23)13-15/h3,5-6,8-10,13H,2,4,7,11-12,14H2,1H3,(H,24,27). The molecule has 142 valence electrons. The third kappa shape index (κ3) is 4.86. The third-order valence-corrected chi connectivity index (χ3v) is 4.75. The molecule has 0 bridgehead atoms. The van der Waals surface area contributed by atoms with Gasteiger partial charge in [0.2, 0.25) is 5.91 Å². The Kier molecular flexibility index (Phi) is 6.45. The van der Waals surface area contributed by atoms with Crippen molar-refractivity contribution in [3.05, 3.63) is 64.7 Å². The molecule has 27 heavy (non-hydrogen) atoms. The van der Waals surface area contributed by atoms with Crippen molar-refractivity contribution in [3.8, 4) is 0 Å². The van der Waals surface area contributed by atoms with Crippen LogP contribution in [0, 0.1) is 5.82 Å². The van der Waals surface area contributed by atoms with E-state index in [4.69, 9.17) is 11.6 Å². The second kappa shape index (κ2) is 9.00. The van der Waals surface area contributed by atoms with Gasteiger partial charge < -0.3 is 9.88 Å². The van der Waals surface area contributed by atoms with Gasteiger partial charge in [-0.15, -0.1) is 0 Å². The molecule has 3 rings (SSSR count). The zero-order chi connectivity index (χ0) is 19.2. The second-order valence-corrected chi connectivity index (χ2v) is 6.95. The van der Waals surface area contributed by atoms with E-state index >= 15 is 0 Å². The molecule has 4 nitrogen and oxygen atoms in total. The number of aromatic nitrogens is 2. The van der Waals surface area contributed by atoms with Crippen LogP contribution in [0.15, 0.2) is 42.5 Å². The Morgan fingerprint density at radius 2 is 2.07 bits per heavy atom. The van der Waals surface area contributed by atoms with Crippen LogP contribution in [0.2, 0.25) is 5.02 Å². The van der Waals surface area contributed by atoms with Crippen LogP contribution in [-0.2, 0) is 24.3 Å². The Bertz CT molecular complexity index is 938. The van der Waals surface area contributed by atoms with Gasteiger partial charge in [-0.25, -0.2) is 9.37 Å². The van der Waals surface area contributed by atoms with Gasteiger partial charge in [-0.05, 0) is 49.1 Å². The number of hydrogen-bond donors (Lipinski definition) is 1. The summed E-state index contributed by atoms with van der Waals surface area (Å²) in [6.07, 6.45) is 2.69. The van der Waals surface area contributed by atoms with E-state index in [2.05, 4.69) is 21.8 Å². The van der Waals surface area contributed by atoms with Crippen LogP contribution in [0.3, 0.4) is 0 Å². The molecule has 1 aromatic heterocycles. The highest BCUT2D eigenvalue weighted by atomic mass is 35.5. The first kappa shape index (κ1) is 19.4. The number of halogens is 2. The van der Waals surface area contributed by atoms with E-state index in [9.17, 15) is 9.18 Å². The summed E-state index contributed by atoms with van der Waals surface area (Å²) in [4.78, 5) is 16.8. The molecular formula is C21H23ClFN3O. The van der Waals surface area contributed by atoms with Crippen LogP contribution in [0.5, 0.6) is 0 Å². The molecule has 0 unspecified atom stereocenters. The average Bonchev–Trinajstić information content (AvgIpc) is 2.99. The van der Waals surface area contributed by atoms with E-state index < -0.39 is 0 Å². The summed E-state index contributed by atoms with van der Waals surface area (Å²) in [5, 5.41) is 3.60. The first-order valence-electron chi connectivity index (χ1n) is 9.23. The SMILES string of the molecule is CCCn1c(CNC(=O)CCCc2cccc(F)c2)nc2cccc(Cl)c21. The van der Waals surface area contributed by atoms with Crippen molar-refractivity contribution in [2.45, 2.75) is 45.7 Å². The van der Waals surface area contributed by atoms with Crippen molar-refractivity contribution in [1.29, 1.82) is 0 Å². The van der Waals surface area contributed by atoms with Gasteiger partial charge in [-0.3, -0.25) is 4.79 Å². The minimum atomic E-state index is -0.245. The van der Waals surface area contributed by atoms with Gasteiger partial charge >= 0.3 is 0 Å². The van der Waals surface area contributed by atoms with Gasteiger partial charge in [0, 0.05) is 13.0 Å². The largest absolute Gasteiger partial charge is 0.349 e. The number of nitrogens with zero attached hydrogens (tertiary/aromatic N) is 2. The zero-order valence-corrected chi connectivity index (χ0v) is 16.1. The number of amides is 1. The first-order chi connectivity index (χ1) is 13.1. The Hall–Kier alpha value is -2.40. The van der Waals surface area contributed by atoms with E-state index in [1.54, 1.807) is 6.07 Å². The van der Waals surface area contributed by atoms with Gasteiger partial charge in [0.05, 0.1) is 22.6 Å². The Balaban J connectivity index is 1.58. The van der Waals surface area contributed by atoms with Crippen molar-refractivity contribution in [2.75, 3.05) is 0 Å². The molecule has 2 aromatic carbocycles. The molecule has 1 amide bonds. The van der Waals surface area contributed by atoms with Crippen LogP contribution in [0.25, 0.3) is 11.0 Å². The van der Waals surface area contributed by atoms with Gasteiger partial charge in [-0.2, -0.15) is 0 Å². The number of imidazole rings is 1. The monoisotopic (exact) mass is 387 g/mol. The molecule has 0 saturated heterocycles. The molecule has 6 heteroatoms. The van der Waals surface area contributed by atoms with Crippen LogP contribution in [0.1, 0.15) is 37.6 Å². The molecule has 0 fully saturated rings. The molecule has 0 saturated carbocycles. The van der Waals surface area contributed by atoms with Gasteiger partial charge in [0.1, 0.15) is 11.6 Å². The lowest BCUT2D eigenvalue weighted by Gasteiger charge is -2.10. The molecule has 0 aliphatic heterocycles. The minimum absolute atomic E-state index is 0.0346. The number of carbonyl (C=O) groups excluding carboxylic acids is 1. The predicted octanol–water partition coefficient (Wildman–Crippen LogP) is 4.88. The smallest absolute Gasteiger partial charge is 0.220 e. The zero-order valence-electron chi connectivity index (χ0n) is 15.3. The summed E-state index contributed by atoms with van der Waals surface area (Å²) in [5.74, 6) is 0.525. The van der Waals surface area contributed by atoms with E-state index in [1.165, 1.54) is 12.1 Å². The number of nitrogens with one attached hydrogen (secondary N) is 1. The number of para-hydroxylation sites is 1. The highest BCUT2D eigenvalue weighted by Crippen LogP contribution is 2.25. The fourth-order valence-electron chi connectivity index (χ4n) is 3.20. The summed E-state index contributed by atoms with van der Waals surface area (Å²) in [7, 11) is 0. The molecule has 0 spiro atoms. The van der Waals surface area contributed by atoms with Crippen LogP contribution < -0.4 is 5.32 Å². The van der Waals surface area contributed by atoms with Gasteiger partial charge in [0.25, 0.3) is 0 Å². The first-order valence-corrected chi connectivity index (χ1v) is 9.61. The highest BCUT2D eigenvalue weighted by molar-refractivity contribution is 6.35. The quantitative estimate of drug-likeness (QED) is 0.598. The van der Waals surface area contributed by atoms with Crippen molar-refractivity contribution in [2.24, 2.45) is 0 Å². The Morgan fingerprint density at radius 3 is 2.85 bits per heavy atom. The van der Waals surface area contributed by atoms with E-state index in [1.807, 2.05) is 24.3 Å². The van der Waals surface area contributed by atoms with E-state index in [-0.39, 0.29) is 11.7 Å². The van der Waals surface area contributed by atoms with Crippen molar-refractivity contribution in [1.82, 2.24) is 14.9 Å². The summed E-state index contributed by atoms with van der Waals surface area (Å²) >= 11 is 6.34. The van der Waals surface area contributed by atoms with Crippen LogP contribution in [0.4, 0.5) is 4.39 Å². The van der Waals surface area contributed by atoms with Gasteiger partial charge in [-0.1, -0.05) is 36.7 Å². The molecule has 0 atom stereocenters. The Labute approximate surface area is 163 Å². The summed E-state index contributed by atoms with van der Waals surface area (Å²) < 4.78 is 15.3. The van der Waals surface area contributed by atoms with Crippen LogP contribution in [-0.4, -0.2) is 15.5 Å². The fourth-order valence-corrected chi connectivity index (χ4v) is 3.47. The lowest BCUT2D eigenvalue weighted by atomic mass is 10.1. The summed E-state index contributed by atoms with van der Waals surface area (Å²) in [5.41, 5.74) is 2.66. The highest BCUT2D eigenvalue weighted by Gasteiger charge is 2.13. The van der Waals surface area contributed by atoms with Gasteiger partial charge in [0.15, 0.2) is 0 Å². The molecule has 3 aromatic rings. The summed E-state index contributed by atoms with van der Waals surface area (Å²) in [6, 6.07) is 12.2. The fraction of sp³-hybridized carbons (Fsp3) is 0.333. The van der Waals surface area contributed by atoms with Crippen LogP contribution >= 0.6 is 11.6 Å². The molecule has 0 aliphatic rings. The molecule has 1 N–H and O–H groups in total. The normalized spacial score (nSPS) is 11.1. The predicted molar refractivity (Wildman–Crippen MR) is 106 cm³/mol. The maximum Gasteiger partial charge on any atom is 0.220 e. The summed E-state index contributed by atoms with van der Waals surface area (Å²) in [6.45, 7) is 3.26. The number of aryl methyl sites for hydroxylation is 2. The van der Waals surface area contributed by atoms with Crippen molar-refractivity contribution in [3.63, 3.8) is 0 Å². The molecular weight excluding hydrogens is 365 g/mol. The lowest BCUT2D eigenvalue weighted by molar-refractivity contribution is -0.121. The number of fused-ring (bicyclic) bond motifs is 1. The second-order valence-electron chi connectivity index (χ2n) is 6.55. The number of hydrogen-bond acceptors (Lipinski definition) is 2. The molecule has 0 aliphatic carbocycles. The van der Waals surface area contributed by atoms with Crippen molar-refractivity contribution >= 4 is 28.5 Å². The molecule has 1 heterocycles. The Morgan fingerprint density at radius 1 is 1.26 bits per heavy atom. The van der Waals surface area contributed by atoms with Crippen molar-refractivity contribution < 1.29 is 9.18 Å². The molecule has 0 radical (unpaired) electrons. The average molecular weight is 388 g/mol. The number of benzene rings is 2. The van der Waals surface area contributed by atoms with E-state index in [0.29, 0.717) is 30.8 Å². The maximum atomic E-state index is 13.2. The number of rotatable bonds is 8.